The summed E-state index contributed by atoms with van der Waals surface area (Å²) in [5.74, 6) is -0.934. The molecular weight excluding hydrogens is 699 g/mol. The van der Waals surface area contributed by atoms with Gasteiger partial charge in [-0.3, -0.25) is 14.1 Å². The molecule has 0 unspecified atom stereocenters. The van der Waals surface area contributed by atoms with Crippen LogP contribution in [0.25, 0.3) is 0 Å². The topological polar surface area (TPSA) is 119 Å². The van der Waals surface area contributed by atoms with Gasteiger partial charge in [0.15, 0.2) is 6.10 Å². The van der Waals surface area contributed by atoms with Crippen molar-refractivity contribution in [3.8, 4) is 0 Å². The molecule has 0 rings (SSSR count). The summed E-state index contributed by atoms with van der Waals surface area (Å²) >= 11 is 0. The standard InChI is InChI=1S/C45H77O8P/c1-3-5-7-9-11-13-15-17-19-21-22-24-25-27-29-31-33-35-37-39-44(46)51-41-43(42-52-54(48,49)50)53-45(47)40-38-36-34-32-30-28-26-23-20-18-16-14-12-10-8-6-4-2/h11-14,17-20,22,24,27,29,43H,3-10,15-16,21,23,25-26,28,30-42H2,1-2H3,(H2,48,49,50)/b13-11-,14-12-,19-17-,20-18-,24-22-,29-27-/t43-/m1/s1. The summed E-state index contributed by atoms with van der Waals surface area (Å²) < 4.78 is 26.4. The van der Waals surface area contributed by atoms with E-state index in [2.05, 4.69) is 91.3 Å². The van der Waals surface area contributed by atoms with Crippen LogP contribution in [0, 0.1) is 0 Å². The molecule has 9 heteroatoms. The maximum atomic E-state index is 12.4. The van der Waals surface area contributed by atoms with Crippen molar-refractivity contribution in [2.24, 2.45) is 0 Å². The molecule has 0 aromatic carbocycles. The van der Waals surface area contributed by atoms with E-state index >= 15 is 0 Å². The van der Waals surface area contributed by atoms with Gasteiger partial charge in [-0.1, -0.05) is 151 Å². The lowest BCUT2D eigenvalue weighted by atomic mass is 10.1. The molecule has 0 aromatic heterocycles. The van der Waals surface area contributed by atoms with Gasteiger partial charge < -0.3 is 19.3 Å². The molecular formula is C45H77O8P. The Hall–Kier alpha value is -2.51. The maximum absolute atomic E-state index is 12.4. The zero-order chi connectivity index (χ0) is 39.6. The van der Waals surface area contributed by atoms with Crippen molar-refractivity contribution in [3.05, 3.63) is 72.9 Å². The molecule has 2 N–H and O–H groups in total. The van der Waals surface area contributed by atoms with E-state index in [4.69, 9.17) is 19.3 Å². The lowest BCUT2D eigenvalue weighted by Crippen LogP contribution is -2.29. The van der Waals surface area contributed by atoms with E-state index in [0.29, 0.717) is 12.8 Å². The minimum atomic E-state index is -4.77. The fourth-order valence-corrected chi connectivity index (χ4v) is 5.86. The molecule has 310 valence electrons. The molecule has 0 aliphatic heterocycles. The highest BCUT2D eigenvalue weighted by molar-refractivity contribution is 7.46. The summed E-state index contributed by atoms with van der Waals surface area (Å²) in [5, 5.41) is 0. The van der Waals surface area contributed by atoms with Crippen LogP contribution >= 0.6 is 7.82 Å². The fourth-order valence-electron chi connectivity index (χ4n) is 5.50. The zero-order valence-corrected chi connectivity index (χ0v) is 35.0. The van der Waals surface area contributed by atoms with E-state index < -0.39 is 32.5 Å². The highest BCUT2D eigenvalue weighted by Gasteiger charge is 2.22. The van der Waals surface area contributed by atoms with Gasteiger partial charge in [-0.05, 0) is 89.9 Å². The fraction of sp³-hybridized carbons (Fsp3) is 0.689. The molecule has 0 bridgehead atoms. The Morgan fingerprint density at radius 3 is 1.26 bits per heavy atom. The first-order chi connectivity index (χ1) is 26.3. The van der Waals surface area contributed by atoms with Gasteiger partial charge in [-0.15, -0.1) is 0 Å². The van der Waals surface area contributed by atoms with Crippen LogP contribution in [-0.4, -0.2) is 41.0 Å². The summed E-state index contributed by atoms with van der Waals surface area (Å²) in [6.07, 6.45) is 51.9. The van der Waals surface area contributed by atoms with Crippen molar-refractivity contribution in [2.75, 3.05) is 13.2 Å². The number of allylic oxidation sites excluding steroid dienone is 12. The number of carbonyl (C=O) groups excluding carboxylic acids is 2. The van der Waals surface area contributed by atoms with E-state index in [1.54, 1.807) is 0 Å². The lowest BCUT2D eigenvalue weighted by molar-refractivity contribution is -0.161. The normalized spacial score (nSPS) is 13.2. The van der Waals surface area contributed by atoms with Crippen LogP contribution in [0.5, 0.6) is 0 Å². The molecule has 1 atom stereocenters. The first kappa shape index (κ1) is 51.5. The molecule has 54 heavy (non-hydrogen) atoms. The van der Waals surface area contributed by atoms with Crippen molar-refractivity contribution >= 4 is 19.8 Å². The molecule has 0 aliphatic rings. The number of rotatable bonds is 38. The molecule has 0 radical (unpaired) electrons. The van der Waals surface area contributed by atoms with Crippen molar-refractivity contribution in [2.45, 2.75) is 187 Å². The van der Waals surface area contributed by atoms with Crippen LogP contribution in [0.15, 0.2) is 72.9 Å². The number of esters is 2. The van der Waals surface area contributed by atoms with Crippen molar-refractivity contribution in [3.63, 3.8) is 0 Å². The van der Waals surface area contributed by atoms with Crippen LogP contribution in [-0.2, 0) is 28.2 Å². The van der Waals surface area contributed by atoms with Gasteiger partial charge in [-0.25, -0.2) is 4.57 Å². The quantitative estimate of drug-likeness (QED) is 0.0275. The summed E-state index contributed by atoms with van der Waals surface area (Å²) in [6, 6.07) is 0. The predicted molar refractivity (Wildman–Crippen MR) is 225 cm³/mol. The maximum Gasteiger partial charge on any atom is 0.469 e. The Labute approximate surface area is 329 Å². The molecule has 0 aromatic rings. The Morgan fingerprint density at radius 1 is 0.481 bits per heavy atom. The average molecular weight is 777 g/mol. The van der Waals surface area contributed by atoms with Crippen molar-refractivity contribution in [1.82, 2.24) is 0 Å². The van der Waals surface area contributed by atoms with Gasteiger partial charge in [0.25, 0.3) is 0 Å². The van der Waals surface area contributed by atoms with E-state index in [9.17, 15) is 14.2 Å². The lowest BCUT2D eigenvalue weighted by Gasteiger charge is -2.18. The number of unbranched alkanes of at least 4 members (excludes halogenated alkanes) is 16. The van der Waals surface area contributed by atoms with Crippen LogP contribution in [0.2, 0.25) is 0 Å². The van der Waals surface area contributed by atoms with E-state index in [-0.39, 0.29) is 19.4 Å². The van der Waals surface area contributed by atoms with Crippen LogP contribution in [0.4, 0.5) is 0 Å². The highest BCUT2D eigenvalue weighted by atomic mass is 31.2. The smallest absolute Gasteiger partial charge is 0.462 e. The van der Waals surface area contributed by atoms with Gasteiger partial charge in [0.2, 0.25) is 0 Å². The second kappa shape index (κ2) is 40.2. The molecule has 0 saturated carbocycles. The minimum absolute atomic E-state index is 0.192. The number of hydrogen-bond acceptors (Lipinski definition) is 6. The Kier molecular flexibility index (Phi) is 38.3. The van der Waals surface area contributed by atoms with Gasteiger partial charge in [0, 0.05) is 12.8 Å². The van der Waals surface area contributed by atoms with Crippen LogP contribution in [0.3, 0.4) is 0 Å². The Morgan fingerprint density at radius 2 is 0.833 bits per heavy atom. The average Bonchev–Trinajstić information content (AvgIpc) is 3.14. The molecule has 0 spiro atoms. The van der Waals surface area contributed by atoms with Crippen molar-refractivity contribution in [1.29, 1.82) is 0 Å². The van der Waals surface area contributed by atoms with Gasteiger partial charge in [-0.2, -0.15) is 0 Å². The monoisotopic (exact) mass is 777 g/mol. The third kappa shape index (κ3) is 42.2. The van der Waals surface area contributed by atoms with Crippen LogP contribution < -0.4 is 0 Å². The summed E-state index contributed by atoms with van der Waals surface area (Å²) in [4.78, 5) is 42.9. The molecule has 0 heterocycles. The zero-order valence-electron chi connectivity index (χ0n) is 34.1. The van der Waals surface area contributed by atoms with E-state index in [0.717, 1.165) is 70.6 Å². The third-order valence-electron chi connectivity index (χ3n) is 8.70. The summed E-state index contributed by atoms with van der Waals surface area (Å²) in [6.45, 7) is 3.59. The number of phosphoric ester groups is 1. The number of phosphoric acid groups is 1. The SMILES string of the molecule is CCCCC/C=C\C/C=C\C/C=C\C/C=C\CCCCCC(=O)OC[C@H](COP(=O)(O)O)OC(=O)CCCCCCCCC/C=C\C/C=C\CCCCC. The van der Waals surface area contributed by atoms with Crippen LogP contribution in [0.1, 0.15) is 181 Å². The summed E-state index contributed by atoms with van der Waals surface area (Å²) in [7, 11) is -4.77. The first-order valence-electron chi connectivity index (χ1n) is 21.2. The Balaban J connectivity index is 4.01. The molecule has 8 nitrogen and oxygen atoms in total. The third-order valence-corrected chi connectivity index (χ3v) is 9.18. The summed E-state index contributed by atoms with van der Waals surface area (Å²) in [5.41, 5.74) is 0. The predicted octanol–water partition coefficient (Wildman–Crippen LogP) is 13.1. The molecule has 0 aliphatic carbocycles. The van der Waals surface area contributed by atoms with Gasteiger partial charge in [0.05, 0.1) is 6.61 Å². The van der Waals surface area contributed by atoms with Gasteiger partial charge >= 0.3 is 19.8 Å². The molecule has 0 amide bonds. The highest BCUT2D eigenvalue weighted by Crippen LogP contribution is 2.36. The van der Waals surface area contributed by atoms with E-state index in [1.165, 1.54) is 70.6 Å². The second-order valence-electron chi connectivity index (χ2n) is 14.0. The second-order valence-corrected chi connectivity index (χ2v) is 15.2. The van der Waals surface area contributed by atoms with Crippen molar-refractivity contribution < 1.29 is 37.9 Å². The Bertz CT molecular complexity index is 1100. The number of hydrogen-bond donors (Lipinski definition) is 2. The van der Waals surface area contributed by atoms with E-state index in [1.807, 2.05) is 0 Å². The number of carbonyl (C=O) groups is 2. The van der Waals surface area contributed by atoms with Gasteiger partial charge in [0.1, 0.15) is 6.61 Å². The largest absolute Gasteiger partial charge is 0.469 e. The minimum Gasteiger partial charge on any atom is -0.462 e. The number of ether oxygens (including phenoxy) is 2. The molecule has 0 fully saturated rings. The molecule has 0 saturated heterocycles. The first-order valence-corrected chi connectivity index (χ1v) is 22.8.